The Morgan fingerprint density at radius 1 is 0.848 bits per heavy atom. The number of nitrogens with zero attached hydrogens (tertiary/aromatic N) is 1. The zero-order valence-electron chi connectivity index (χ0n) is 17.1. The first kappa shape index (κ1) is 23.0. The van der Waals surface area contributed by atoms with Gasteiger partial charge in [0.1, 0.15) is 5.75 Å². The van der Waals surface area contributed by atoms with Crippen LogP contribution in [0.25, 0.3) is 11.1 Å². The van der Waals surface area contributed by atoms with Crippen molar-refractivity contribution >= 4 is 5.69 Å². The van der Waals surface area contributed by atoms with E-state index >= 15 is 0 Å². The van der Waals surface area contributed by atoms with E-state index < -0.39 is 30.9 Å². The fraction of sp³-hybridized carbons (Fsp3) is 0.250. The van der Waals surface area contributed by atoms with Crippen LogP contribution in [0.1, 0.15) is 16.7 Å². The molecule has 0 radical (unpaired) electrons. The third-order valence-corrected chi connectivity index (χ3v) is 5.42. The molecular formula is C24H19F6NO2. The van der Waals surface area contributed by atoms with Gasteiger partial charge in [-0.3, -0.25) is 0 Å². The Kier molecular flexibility index (Phi) is 6.00. The first-order valence-electron chi connectivity index (χ1n) is 10.1. The molecule has 1 aliphatic carbocycles. The molecule has 0 bridgehead atoms. The first-order valence-corrected chi connectivity index (χ1v) is 10.1. The minimum Gasteiger partial charge on any atom is -0.406 e. The summed E-state index contributed by atoms with van der Waals surface area (Å²) in [5.41, 5.74) is 4.78. The average molecular weight is 467 g/mol. The van der Waals surface area contributed by atoms with Crippen LogP contribution in [0.5, 0.6) is 5.75 Å². The number of anilines is 1. The fourth-order valence-electron chi connectivity index (χ4n) is 3.96. The average Bonchev–Trinajstić information content (AvgIpc) is 3.09. The van der Waals surface area contributed by atoms with Gasteiger partial charge < -0.3 is 14.7 Å². The Morgan fingerprint density at radius 3 is 2.30 bits per heavy atom. The van der Waals surface area contributed by atoms with E-state index in [1.807, 2.05) is 30.3 Å². The molecule has 1 atom stereocenters. The van der Waals surface area contributed by atoms with Gasteiger partial charge in [0, 0.05) is 12.2 Å². The van der Waals surface area contributed by atoms with E-state index in [4.69, 9.17) is 0 Å². The molecule has 4 rings (SSSR count). The first-order chi connectivity index (χ1) is 15.5. The molecule has 0 saturated heterocycles. The van der Waals surface area contributed by atoms with Gasteiger partial charge in [0.15, 0.2) is 6.10 Å². The number of fused-ring (bicyclic) bond motifs is 3. The van der Waals surface area contributed by atoms with Gasteiger partial charge in [0.2, 0.25) is 0 Å². The summed E-state index contributed by atoms with van der Waals surface area (Å²) >= 11 is 0. The van der Waals surface area contributed by atoms with E-state index in [2.05, 4.69) is 4.74 Å². The lowest BCUT2D eigenvalue weighted by molar-refractivity contribution is -0.274. The predicted octanol–water partition coefficient (Wildman–Crippen LogP) is 6.09. The molecule has 0 aliphatic heterocycles. The van der Waals surface area contributed by atoms with Gasteiger partial charge in [-0.25, -0.2) is 0 Å². The van der Waals surface area contributed by atoms with Gasteiger partial charge >= 0.3 is 12.5 Å². The lowest BCUT2D eigenvalue weighted by Gasteiger charge is -2.29. The normalized spacial score (nSPS) is 13.9. The zero-order chi connectivity index (χ0) is 23.8. The zero-order valence-corrected chi connectivity index (χ0v) is 17.1. The quantitative estimate of drug-likeness (QED) is 0.349. The Morgan fingerprint density at radius 2 is 1.58 bits per heavy atom. The summed E-state index contributed by atoms with van der Waals surface area (Å²) in [5, 5.41) is 9.70. The number of benzene rings is 3. The Bertz CT molecular complexity index is 1140. The lowest BCUT2D eigenvalue weighted by atomic mass is 10.0. The number of aliphatic hydroxyl groups is 1. The van der Waals surface area contributed by atoms with Crippen LogP contribution >= 0.6 is 0 Å². The van der Waals surface area contributed by atoms with E-state index in [1.54, 1.807) is 12.1 Å². The van der Waals surface area contributed by atoms with Crippen LogP contribution in [0.15, 0.2) is 66.7 Å². The largest absolute Gasteiger partial charge is 0.573 e. The molecule has 0 spiro atoms. The summed E-state index contributed by atoms with van der Waals surface area (Å²) in [6.07, 6.45) is -11.7. The second kappa shape index (κ2) is 8.62. The highest BCUT2D eigenvalue weighted by atomic mass is 19.4. The molecule has 0 amide bonds. The number of alkyl halides is 6. The van der Waals surface area contributed by atoms with Crippen molar-refractivity contribution in [3.63, 3.8) is 0 Å². The van der Waals surface area contributed by atoms with Gasteiger partial charge in [-0.2, -0.15) is 13.2 Å². The van der Waals surface area contributed by atoms with Crippen molar-refractivity contribution in [3.8, 4) is 16.9 Å². The molecule has 0 aromatic heterocycles. The van der Waals surface area contributed by atoms with E-state index in [-0.39, 0.29) is 6.54 Å². The maximum atomic E-state index is 13.1. The minimum absolute atomic E-state index is 0.159. The molecule has 33 heavy (non-hydrogen) atoms. The fourth-order valence-corrected chi connectivity index (χ4v) is 3.96. The van der Waals surface area contributed by atoms with Crippen molar-refractivity contribution in [2.45, 2.75) is 31.6 Å². The van der Waals surface area contributed by atoms with Gasteiger partial charge in [0.05, 0.1) is 6.54 Å². The number of halogens is 6. The topological polar surface area (TPSA) is 32.7 Å². The van der Waals surface area contributed by atoms with E-state index in [0.29, 0.717) is 17.7 Å². The van der Waals surface area contributed by atoms with Crippen LogP contribution < -0.4 is 9.64 Å². The highest BCUT2D eigenvalue weighted by molar-refractivity contribution is 5.78. The second-order valence-corrected chi connectivity index (χ2v) is 7.81. The summed E-state index contributed by atoms with van der Waals surface area (Å²) in [6, 6.07) is 18.0. The molecule has 1 unspecified atom stereocenters. The SMILES string of the molecule is OC(CN(Cc1cccc(OC(F)(F)F)c1)c1ccc2c(c1)Cc1ccccc1-2)C(F)(F)F. The molecule has 174 valence electrons. The summed E-state index contributed by atoms with van der Waals surface area (Å²) in [7, 11) is 0. The molecule has 9 heteroatoms. The molecule has 0 heterocycles. The summed E-state index contributed by atoms with van der Waals surface area (Å²) < 4.78 is 80.8. The third-order valence-electron chi connectivity index (χ3n) is 5.42. The van der Waals surface area contributed by atoms with Crippen molar-refractivity contribution < 1.29 is 36.2 Å². The summed E-state index contributed by atoms with van der Waals surface area (Å²) in [5.74, 6) is -0.472. The Hall–Kier alpha value is -3.20. The van der Waals surface area contributed by atoms with Crippen LogP contribution in [0.4, 0.5) is 32.0 Å². The van der Waals surface area contributed by atoms with Crippen molar-refractivity contribution in [2.75, 3.05) is 11.4 Å². The summed E-state index contributed by atoms with van der Waals surface area (Å²) in [4.78, 5) is 1.30. The van der Waals surface area contributed by atoms with Gasteiger partial charge in [-0.15, -0.1) is 13.2 Å². The molecule has 0 fully saturated rings. The van der Waals surface area contributed by atoms with E-state index in [9.17, 15) is 31.4 Å². The maximum Gasteiger partial charge on any atom is 0.573 e. The number of hydrogen-bond acceptors (Lipinski definition) is 3. The smallest absolute Gasteiger partial charge is 0.406 e. The maximum absolute atomic E-state index is 13.1. The Balaban J connectivity index is 1.64. The minimum atomic E-state index is -4.89. The van der Waals surface area contributed by atoms with E-state index in [0.717, 1.165) is 34.4 Å². The highest BCUT2D eigenvalue weighted by Crippen LogP contribution is 2.39. The van der Waals surface area contributed by atoms with Crippen molar-refractivity contribution in [2.24, 2.45) is 0 Å². The molecule has 3 nitrogen and oxygen atoms in total. The second-order valence-electron chi connectivity index (χ2n) is 7.81. The van der Waals surface area contributed by atoms with Gasteiger partial charge in [-0.05, 0) is 58.5 Å². The number of rotatable bonds is 6. The highest BCUT2D eigenvalue weighted by Gasteiger charge is 2.39. The predicted molar refractivity (Wildman–Crippen MR) is 111 cm³/mol. The monoisotopic (exact) mass is 467 g/mol. The van der Waals surface area contributed by atoms with Crippen LogP contribution in [0.3, 0.4) is 0 Å². The number of hydrogen-bond donors (Lipinski definition) is 1. The molecule has 1 N–H and O–H groups in total. The van der Waals surface area contributed by atoms with Crippen molar-refractivity contribution in [1.29, 1.82) is 0 Å². The van der Waals surface area contributed by atoms with Crippen molar-refractivity contribution in [1.82, 2.24) is 0 Å². The molecule has 1 aliphatic rings. The van der Waals surface area contributed by atoms with Crippen LogP contribution in [0, 0.1) is 0 Å². The molecule has 0 saturated carbocycles. The molecular weight excluding hydrogens is 448 g/mol. The number of aliphatic hydroxyl groups excluding tert-OH is 1. The lowest BCUT2D eigenvalue weighted by Crippen LogP contribution is -2.40. The Labute approximate surface area is 185 Å². The molecule has 3 aromatic rings. The molecule has 3 aromatic carbocycles. The third kappa shape index (κ3) is 5.42. The van der Waals surface area contributed by atoms with Gasteiger partial charge in [-0.1, -0.05) is 42.5 Å². The van der Waals surface area contributed by atoms with Crippen LogP contribution in [0.2, 0.25) is 0 Å². The summed E-state index contributed by atoms with van der Waals surface area (Å²) in [6.45, 7) is -0.937. The standard InChI is InChI=1S/C24H19F6NO2/c25-23(26,27)22(32)14-31(13-15-4-3-6-19(10-15)33-24(28,29)30)18-8-9-21-17(12-18)11-16-5-1-2-7-20(16)21/h1-10,12,22,32H,11,13-14H2. The van der Waals surface area contributed by atoms with Crippen LogP contribution in [-0.2, 0) is 13.0 Å². The van der Waals surface area contributed by atoms with Gasteiger partial charge in [0.25, 0.3) is 0 Å². The van der Waals surface area contributed by atoms with Crippen LogP contribution in [-0.4, -0.2) is 30.3 Å². The van der Waals surface area contributed by atoms with Crippen molar-refractivity contribution in [3.05, 3.63) is 83.4 Å². The number of ether oxygens (including phenoxy) is 1. The van der Waals surface area contributed by atoms with E-state index in [1.165, 1.54) is 17.0 Å².